The zero-order valence-corrected chi connectivity index (χ0v) is 18.4. The number of hydrogen-bond acceptors (Lipinski definition) is 3. The van der Waals surface area contributed by atoms with Gasteiger partial charge in [0.25, 0.3) is 5.91 Å². The average molecular weight is 434 g/mol. The highest BCUT2D eigenvalue weighted by Crippen LogP contribution is 2.32. The summed E-state index contributed by atoms with van der Waals surface area (Å²) in [4.78, 5) is 12.3. The van der Waals surface area contributed by atoms with Gasteiger partial charge in [-0.05, 0) is 79.3 Å². The molecule has 0 aliphatic heterocycles. The Bertz CT molecular complexity index is 817. The van der Waals surface area contributed by atoms with Crippen LogP contribution in [-0.4, -0.2) is 19.6 Å². The molecule has 0 aliphatic rings. The third kappa shape index (κ3) is 5.48. The Balaban J connectivity index is 2.05. The first kappa shape index (κ1) is 21.3. The second-order valence-corrected chi connectivity index (χ2v) is 7.95. The van der Waals surface area contributed by atoms with Gasteiger partial charge in [-0.3, -0.25) is 4.79 Å². The van der Waals surface area contributed by atoms with Gasteiger partial charge in [-0.1, -0.05) is 29.8 Å². The molecule has 1 atom stereocenters. The number of halogens is 1. The molecule has 5 heteroatoms. The summed E-state index contributed by atoms with van der Waals surface area (Å²) < 4.78 is 12.1. The van der Waals surface area contributed by atoms with Crippen LogP contribution in [0.4, 0.5) is 0 Å². The number of hydrogen-bond donors (Lipinski definition) is 1. The minimum atomic E-state index is -0.149. The lowest BCUT2D eigenvalue weighted by Gasteiger charge is -2.21. The summed E-state index contributed by atoms with van der Waals surface area (Å²) in [6, 6.07) is 9.71. The fourth-order valence-corrected chi connectivity index (χ4v) is 3.27. The number of amides is 1. The van der Waals surface area contributed by atoms with Crippen molar-refractivity contribution >= 4 is 21.8 Å². The summed E-state index contributed by atoms with van der Waals surface area (Å²) >= 11 is 3.46. The molecule has 1 N–H and O–H groups in total. The van der Waals surface area contributed by atoms with Crippen molar-refractivity contribution in [1.82, 2.24) is 5.32 Å². The van der Waals surface area contributed by atoms with E-state index in [2.05, 4.69) is 41.2 Å². The number of nitrogens with one attached hydrogen (secondary N) is 1. The Hall–Kier alpha value is -2.01. The minimum absolute atomic E-state index is 0.0162. The summed E-state index contributed by atoms with van der Waals surface area (Å²) in [5.41, 5.74) is 4.39. The second kappa shape index (κ2) is 9.27. The van der Waals surface area contributed by atoms with Crippen LogP contribution in [0.25, 0.3) is 0 Å². The van der Waals surface area contributed by atoms with E-state index in [1.165, 1.54) is 0 Å². The Morgan fingerprint density at radius 3 is 2.37 bits per heavy atom. The van der Waals surface area contributed by atoms with Gasteiger partial charge in [0.05, 0.1) is 13.2 Å². The molecular formula is C22H28BrNO3. The van der Waals surface area contributed by atoms with E-state index in [0.717, 1.165) is 32.5 Å². The van der Waals surface area contributed by atoms with E-state index in [0.29, 0.717) is 11.7 Å². The quantitative estimate of drug-likeness (QED) is 0.630. The second-order valence-electron chi connectivity index (χ2n) is 7.09. The Morgan fingerprint density at radius 1 is 1.07 bits per heavy atom. The maximum Gasteiger partial charge on any atom is 0.258 e. The third-order valence-corrected chi connectivity index (χ3v) is 5.47. The predicted octanol–water partition coefficient (Wildman–Crippen LogP) is 5.45. The largest absolute Gasteiger partial charge is 0.496 e. The molecule has 1 amide bonds. The van der Waals surface area contributed by atoms with Gasteiger partial charge in [-0.25, -0.2) is 0 Å². The van der Waals surface area contributed by atoms with Crippen LogP contribution in [0, 0.1) is 13.8 Å². The molecule has 0 bridgehead atoms. The molecule has 0 aromatic heterocycles. The van der Waals surface area contributed by atoms with Crippen molar-refractivity contribution in [3.8, 4) is 11.5 Å². The van der Waals surface area contributed by atoms with E-state index in [1.807, 2.05) is 45.0 Å². The van der Waals surface area contributed by atoms with E-state index < -0.39 is 0 Å². The number of carbonyl (C=O) groups excluding carboxylic acids is 1. The van der Waals surface area contributed by atoms with Crippen molar-refractivity contribution in [2.75, 3.05) is 13.7 Å². The fraction of sp³-hybridized carbons (Fsp3) is 0.409. The molecule has 0 aliphatic carbocycles. The van der Waals surface area contributed by atoms with Crippen LogP contribution in [0.3, 0.4) is 0 Å². The summed E-state index contributed by atoms with van der Waals surface area (Å²) in [5, 5.41) is 3.02. The van der Waals surface area contributed by atoms with E-state index in [-0.39, 0.29) is 18.6 Å². The lowest BCUT2D eigenvalue weighted by Crippen LogP contribution is -2.31. The fourth-order valence-electron chi connectivity index (χ4n) is 3.03. The molecule has 0 heterocycles. The molecule has 0 saturated heterocycles. The molecule has 2 rings (SSSR count). The van der Waals surface area contributed by atoms with Crippen LogP contribution >= 0.6 is 15.9 Å². The molecule has 0 radical (unpaired) electrons. The monoisotopic (exact) mass is 433 g/mol. The zero-order valence-electron chi connectivity index (χ0n) is 16.9. The van der Waals surface area contributed by atoms with Gasteiger partial charge in [0.15, 0.2) is 6.61 Å². The first-order valence-corrected chi connectivity index (χ1v) is 9.89. The average Bonchev–Trinajstić information content (AvgIpc) is 2.61. The van der Waals surface area contributed by atoms with E-state index in [9.17, 15) is 4.79 Å². The number of carbonyl (C=O) groups is 1. The molecule has 0 fully saturated rings. The van der Waals surface area contributed by atoms with Gasteiger partial charge in [0.2, 0.25) is 0 Å². The molecule has 2 aromatic carbocycles. The van der Waals surface area contributed by atoms with Gasteiger partial charge >= 0.3 is 0 Å². The van der Waals surface area contributed by atoms with Crippen LogP contribution in [0.5, 0.6) is 11.5 Å². The summed E-state index contributed by atoms with van der Waals surface area (Å²) in [7, 11) is 1.69. The van der Waals surface area contributed by atoms with Gasteiger partial charge < -0.3 is 14.8 Å². The van der Waals surface area contributed by atoms with Crippen molar-refractivity contribution in [3.05, 3.63) is 57.1 Å². The number of aryl methyl sites for hydroxylation is 2. The first-order chi connectivity index (χ1) is 12.7. The van der Waals surface area contributed by atoms with Crippen LogP contribution in [0.2, 0.25) is 0 Å². The summed E-state index contributed by atoms with van der Waals surface area (Å²) in [5.74, 6) is 1.76. The number of benzene rings is 2. The highest BCUT2D eigenvalue weighted by Gasteiger charge is 2.17. The predicted molar refractivity (Wildman–Crippen MR) is 113 cm³/mol. The maximum atomic E-state index is 12.3. The van der Waals surface area contributed by atoms with Crippen LogP contribution in [-0.2, 0) is 4.79 Å². The van der Waals surface area contributed by atoms with Crippen LogP contribution < -0.4 is 14.8 Å². The van der Waals surface area contributed by atoms with Crippen molar-refractivity contribution in [3.63, 3.8) is 0 Å². The smallest absolute Gasteiger partial charge is 0.258 e. The van der Waals surface area contributed by atoms with Gasteiger partial charge in [-0.15, -0.1) is 0 Å². The molecule has 0 spiro atoms. The van der Waals surface area contributed by atoms with Crippen molar-refractivity contribution in [2.45, 2.75) is 46.6 Å². The lowest BCUT2D eigenvalue weighted by atomic mass is 9.93. The number of rotatable bonds is 7. The van der Waals surface area contributed by atoms with Crippen LogP contribution in [0.15, 0.2) is 34.8 Å². The Kier molecular flexibility index (Phi) is 7.31. The number of ether oxygens (including phenoxy) is 2. The SMILES string of the molecule is COc1cc(C)c([C@@H](C)NC(=O)COc2ccc(Br)c(C)c2)cc1C(C)C. The molecule has 0 unspecified atom stereocenters. The Morgan fingerprint density at radius 2 is 1.78 bits per heavy atom. The van der Waals surface area contributed by atoms with Gasteiger partial charge in [0.1, 0.15) is 11.5 Å². The molecular weight excluding hydrogens is 406 g/mol. The summed E-state index contributed by atoms with van der Waals surface area (Å²) in [6.07, 6.45) is 0. The van der Waals surface area contributed by atoms with Crippen LogP contribution in [0.1, 0.15) is 55.0 Å². The van der Waals surface area contributed by atoms with Crippen molar-refractivity contribution in [1.29, 1.82) is 0 Å². The summed E-state index contributed by atoms with van der Waals surface area (Å²) in [6.45, 7) is 10.3. The zero-order chi connectivity index (χ0) is 20.1. The standard InChI is InChI=1S/C22H28BrNO3/c1-13(2)18-11-19(14(3)10-21(18)26-6)16(5)24-22(25)12-27-17-7-8-20(23)15(4)9-17/h7-11,13,16H,12H2,1-6H3,(H,24,25)/t16-/m1/s1. The van der Waals surface area contributed by atoms with Gasteiger partial charge in [-0.2, -0.15) is 0 Å². The topological polar surface area (TPSA) is 47.6 Å². The molecule has 0 saturated carbocycles. The Labute approximate surface area is 170 Å². The van der Waals surface area contributed by atoms with Gasteiger partial charge in [0, 0.05) is 4.47 Å². The first-order valence-electron chi connectivity index (χ1n) is 9.09. The highest BCUT2D eigenvalue weighted by molar-refractivity contribution is 9.10. The highest BCUT2D eigenvalue weighted by atomic mass is 79.9. The third-order valence-electron chi connectivity index (χ3n) is 4.58. The van der Waals surface area contributed by atoms with Crippen molar-refractivity contribution < 1.29 is 14.3 Å². The minimum Gasteiger partial charge on any atom is -0.496 e. The molecule has 146 valence electrons. The maximum absolute atomic E-state index is 12.3. The number of methoxy groups -OCH3 is 1. The van der Waals surface area contributed by atoms with E-state index >= 15 is 0 Å². The lowest BCUT2D eigenvalue weighted by molar-refractivity contribution is -0.123. The van der Waals surface area contributed by atoms with E-state index in [1.54, 1.807) is 7.11 Å². The van der Waals surface area contributed by atoms with Crippen molar-refractivity contribution in [2.24, 2.45) is 0 Å². The molecule has 4 nitrogen and oxygen atoms in total. The normalized spacial score (nSPS) is 12.0. The van der Waals surface area contributed by atoms with E-state index in [4.69, 9.17) is 9.47 Å². The molecule has 27 heavy (non-hydrogen) atoms. The molecule has 2 aromatic rings.